The van der Waals surface area contributed by atoms with Crippen LogP contribution in [0.4, 0.5) is 5.13 Å². The molecule has 9 heteroatoms. The van der Waals surface area contributed by atoms with E-state index in [0.29, 0.717) is 21.8 Å². The largest absolute Gasteiger partial charge is 0.351 e. The van der Waals surface area contributed by atoms with Crippen LogP contribution in [-0.2, 0) is 21.9 Å². The van der Waals surface area contributed by atoms with E-state index in [-0.39, 0.29) is 17.6 Å². The highest BCUT2D eigenvalue weighted by Gasteiger charge is 2.10. The second kappa shape index (κ2) is 11.6. The Hall–Kier alpha value is -2.36. The second-order valence-electron chi connectivity index (χ2n) is 5.95. The average molecular weight is 445 g/mol. The Morgan fingerprint density at radius 3 is 2.28 bits per heavy atom. The first-order valence-corrected chi connectivity index (χ1v) is 11.8. The molecule has 0 fully saturated rings. The second-order valence-corrected chi connectivity index (χ2v) is 9.14. The van der Waals surface area contributed by atoms with Gasteiger partial charge in [-0.3, -0.25) is 14.9 Å². The highest BCUT2D eigenvalue weighted by Crippen LogP contribution is 2.25. The Balaban J connectivity index is 1.34. The summed E-state index contributed by atoms with van der Waals surface area (Å²) in [4.78, 5) is 24.0. The van der Waals surface area contributed by atoms with Gasteiger partial charge in [0.15, 0.2) is 4.34 Å². The molecule has 150 valence electrons. The first kappa shape index (κ1) is 21.4. The molecular weight excluding hydrogens is 424 g/mol. The van der Waals surface area contributed by atoms with Gasteiger partial charge in [0.2, 0.25) is 16.9 Å². The van der Waals surface area contributed by atoms with Gasteiger partial charge in [-0.2, -0.15) is 0 Å². The van der Waals surface area contributed by atoms with Gasteiger partial charge in [-0.05, 0) is 11.1 Å². The number of nitrogens with one attached hydrogen (secondary N) is 2. The van der Waals surface area contributed by atoms with Crippen LogP contribution in [-0.4, -0.2) is 33.5 Å². The molecule has 0 aliphatic heterocycles. The number of rotatable bonds is 10. The zero-order valence-corrected chi connectivity index (χ0v) is 18.0. The lowest BCUT2D eigenvalue weighted by Crippen LogP contribution is -2.24. The van der Waals surface area contributed by atoms with Gasteiger partial charge in [-0.1, -0.05) is 83.8 Å². The topological polar surface area (TPSA) is 84.0 Å². The van der Waals surface area contributed by atoms with Gasteiger partial charge in [-0.15, -0.1) is 22.0 Å². The summed E-state index contributed by atoms with van der Waals surface area (Å²) < 4.78 is 0.645. The maximum Gasteiger partial charge on any atom is 0.236 e. The smallest absolute Gasteiger partial charge is 0.236 e. The molecule has 29 heavy (non-hydrogen) atoms. The summed E-state index contributed by atoms with van der Waals surface area (Å²) in [6.45, 7) is 0.498. The summed E-state index contributed by atoms with van der Waals surface area (Å²) in [6, 6.07) is 19.8. The van der Waals surface area contributed by atoms with Crippen LogP contribution in [0.2, 0.25) is 0 Å². The van der Waals surface area contributed by atoms with Gasteiger partial charge < -0.3 is 5.32 Å². The first-order chi connectivity index (χ1) is 14.2. The molecule has 1 aromatic heterocycles. The summed E-state index contributed by atoms with van der Waals surface area (Å²) in [7, 11) is 0. The SMILES string of the molecule is O=C(CSc1nnc(NC(=O)CSCc2ccccc2)s1)NCc1ccccc1. The van der Waals surface area contributed by atoms with Crippen molar-refractivity contribution in [3.05, 3.63) is 71.8 Å². The number of nitrogens with zero attached hydrogens (tertiary/aromatic N) is 2. The van der Waals surface area contributed by atoms with E-state index in [1.165, 1.54) is 28.7 Å². The Morgan fingerprint density at radius 2 is 1.55 bits per heavy atom. The third kappa shape index (κ3) is 7.88. The predicted octanol–water partition coefficient (Wildman–Crippen LogP) is 3.82. The van der Waals surface area contributed by atoms with Gasteiger partial charge >= 0.3 is 0 Å². The number of hydrogen-bond acceptors (Lipinski definition) is 7. The van der Waals surface area contributed by atoms with Crippen LogP contribution in [0.15, 0.2) is 65.0 Å². The molecule has 0 aliphatic carbocycles. The van der Waals surface area contributed by atoms with Crippen LogP contribution in [0.1, 0.15) is 11.1 Å². The zero-order valence-electron chi connectivity index (χ0n) is 15.5. The molecule has 2 amide bonds. The molecule has 3 aromatic rings. The minimum Gasteiger partial charge on any atom is -0.351 e. The average Bonchev–Trinajstić information content (AvgIpc) is 3.19. The zero-order chi connectivity index (χ0) is 20.3. The number of benzene rings is 2. The molecule has 1 heterocycles. The van der Waals surface area contributed by atoms with Crippen molar-refractivity contribution in [2.45, 2.75) is 16.6 Å². The molecule has 0 atom stereocenters. The molecule has 0 saturated heterocycles. The van der Waals surface area contributed by atoms with Gasteiger partial charge in [0.1, 0.15) is 0 Å². The summed E-state index contributed by atoms with van der Waals surface area (Å²) in [6.07, 6.45) is 0. The number of hydrogen-bond donors (Lipinski definition) is 2. The van der Waals surface area contributed by atoms with E-state index in [1.807, 2.05) is 60.7 Å². The van der Waals surface area contributed by atoms with Crippen LogP contribution >= 0.6 is 34.9 Å². The number of carbonyl (C=O) groups is 2. The monoisotopic (exact) mass is 444 g/mol. The van der Waals surface area contributed by atoms with E-state index < -0.39 is 0 Å². The predicted molar refractivity (Wildman–Crippen MR) is 120 cm³/mol. The van der Waals surface area contributed by atoms with Crippen LogP contribution in [0, 0.1) is 0 Å². The van der Waals surface area contributed by atoms with E-state index in [2.05, 4.69) is 20.8 Å². The highest BCUT2D eigenvalue weighted by atomic mass is 32.2. The molecule has 0 saturated carbocycles. The number of carbonyl (C=O) groups excluding carboxylic acids is 2. The molecule has 0 unspecified atom stereocenters. The van der Waals surface area contributed by atoms with Crippen molar-refractivity contribution in [3.63, 3.8) is 0 Å². The molecule has 6 nitrogen and oxygen atoms in total. The maximum atomic E-state index is 12.0. The Morgan fingerprint density at radius 1 is 0.862 bits per heavy atom. The lowest BCUT2D eigenvalue weighted by molar-refractivity contribution is -0.118. The fourth-order valence-electron chi connectivity index (χ4n) is 2.28. The van der Waals surface area contributed by atoms with Crippen molar-refractivity contribution in [3.8, 4) is 0 Å². The standard InChI is InChI=1S/C20H20N4O2S3/c25-17(21-11-15-7-3-1-4-8-15)14-28-20-24-23-19(29-20)22-18(26)13-27-12-16-9-5-2-6-10-16/h1-10H,11-14H2,(H,21,25)(H,22,23,26). The van der Waals surface area contributed by atoms with Crippen LogP contribution < -0.4 is 10.6 Å². The lowest BCUT2D eigenvalue weighted by Gasteiger charge is -2.03. The fraction of sp³-hybridized carbons (Fsp3) is 0.200. The minimum absolute atomic E-state index is 0.0723. The van der Waals surface area contributed by atoms with E-state index >= 15 is 0 Å². The molecule has 2 aromatic carbocycles. The highest BCUT2D eigenvalue weighted by molar-refractivity contribution is 8.01. The summed E-state index contributed by atoms with van der Waals surface area (Å²) in [5, 5.41) is 14.1. The molecular formula is C20H20N4O2S3. The summed E-state index contributed by atoms with van der Waals surface area (Å²) in [5.41, 5.74) is 2.24. The van der Waals surface area contributed by atoms with Crippen molar-refractivity contribution in [1.82, 2.24) is 15.5 Å². The third-order valence-electron chi connectivity index (χ3n) is 3.66. The van der Waals surface area contributed by atoms with Crippen molar-refractivity contribution in [1.29, 1.82) is 0 Å². The number of aromatic nitrogens is 2. The van der Waals surface area contributed by atoms with E-state index in [4.69, 9.17) is 0 Å². The Bertz CT molecular complexity index is 920. The molecule has 0 radical (unpaired) electrons. The molecule has 2 N–H and O–H groups in total. The normalized spacial score (nSPS) is 10.5. The van der Waals surface area contributed by atoms with Gasteiger partial charge in [0.25, 0.3) is 0 Å². The first-order valence-electron chi connectivity index (χ1n) is 8.87. The Kier molecular flexibility index (Phi) is 8.54. The van der Waals surface area contributed by atoms with Crippen molar-refractivity contribution < 1.29 is 9.59 Å². The van der Waals surface area contributed by atoms with Gasteiger partial charge in [0.05, 0.1) is 11.5 Å². The number of thioether (sulfide) groups is 2. The van der Waals surface area contributed by atoms with Crippen molar-refractivity contribution in [2.75, 3.05) is 16.8 Å². The number of anilines is 1. The lowest BCUT2D eigenvalue weighted by atomic mass is 10.2. The quantitative estimate of drug-likeness (QED) is 0.365. The number of amides is 2. The van der Waals surface area contributed by atoms with Gasteiger partial charge in [-0.25, -0.2) is 0 Å². The van der Waals surface area contributed by atoms with E-state index in [0.717, 1.165) is 11.3 Å². The summed E-state index contributed by atoms with van der Waals surface area (Å²) in [5.74, 6) is 1.20. The van der Waals surface area contributed by atoms with Crippen molar-refractivity contribution in [2.24, 2.45) is 0 Å². The van der Waals surface area contributed by atoms with Crippen LogP contribution in [0.25, 0.3) is 0 Å². The third-order valence-corrected chi connectivity index (χ3v) is 6.63. The van der Waals surface area contributed by atoms with E-state index in [1.54, 1.807) is 11.8 Å². The molecule has 0 spiro atoms. The minimum atomic E-state index is -0.112. The Labute approximate surface area is 181 Å². The van der Waals surface area contributed by atoms with Crippen molar-refractivity contribution >= 4 is 51.8 Å². The molecule has 0 bridgehead atoms. The molecule has 0 aliphatic rings. The molecule has 3 rings (SSSR count). The summed E-state index contributed by atoms with van der Waals surface area (Å²) >= 11 is 4.11. The van der Waals surface area contributed by atoms with Crippen LogP contribution in [0.3, 0.4) is 0 Å². The van der Waals surface area contributed by atoms with Crippen LogP contribution in [0.5, 0.6) is 0 Å². The van der Waals surface area contributed by atoms with E-state index in [9.17, 15) is 9.59 Å². The van der Waals surface area contributed by atoms with Gasteiger partial charge in [0, 0.05) is 12.3 Å². The fourth-order valence-corrected chi connectivity index (χ4v) is 4.67. The maximum absolute atomic E-state index is 12.0.